The van der Waals surface area contributed by atoms with E-state index in [1.165, 1.54) is 6.07 Å². The standard InChI is InChI=1S/C29H21ClN4O4S2/c1-17-6-9-22(15-23(17)30)32-29-33-28(36)26(40-29)13-18-7-11-25(24(12-18)34(37)38)39-16-27(35)31-21-10-8-19-4-2-3-5-20(19)14-21/h2-15H,16H2,1H3,(H,31,35)(H,32,33,36)/b26-13-. The van der Waals surface area contributed by atoms with Gasteiger partial charge in [0.25, 0.3) is 11.6 Å². The van der Waals surface area contributed by atoms with Crippen molar-refractivity contribution >= 4 is 86.0 Å². The minimum absolute atomic E-state index is 0.00475. The molecule has 0 atom stereocenters. The van der Waals surface area contributed by atoms with Gasteiger partial charge >= 0.3 is 0 Å². The highest BCUT2D eigenvalue weighted by Crippen LogP contribution is 2.34. The minimum Gasteiger partial charge on any atom is -0.325 e. The van der Waals surface area contributed by atoms with Crippen LogP contribution in [0.1, 0.15) is 11.1 Å². The highest BCUT2D eigenvalue weighted by atomic mass is 35.5. The van der Waals surface area contributed by atoms with Gasteiger partial charge in [0.15, 0.2) is 5.17 Å². The quantitative estimate of drug-likeness (QED) is 0.101. The van der Waals surface area contributed by atoms with Gasteiger partial charge in [-0.05, 0) is 77.0 Å². The number of hydrogen-bond donors (Lipinski definition) is 2. The van der Waals surface area contributed by atoms with Crippen LogP contribution < -0.4 is 10.6 Å². The zero-order valence-corrected chi connectivity index (χ0v) is 23.4. The van der Waals surface area contributed by atoms with Crippen molar-refractivity contribution in [3.05, 3.63) is 110 Å². The second-order valence-corrected chi connectivity index (χ2v) is 11.3. The highest BCUT2D eigenvalue weighted by Gasteiger charge is 2.24. The third-order valence-corrected chi connectivity index (χ3v) is 8.29. The van der Waals surface area contributed by atoms with Crippen molar-refractivity contribution in [1.82, 2.24) is 5.32 Å². The largest absolute Gasteiger partial charge is 0.325 e. The van der Waals surface area contributed by atoms with Crippen LogP contribution in [0.5, 0.6) is 0 Å². The summed E-state index contributed by atoms with van der Waals surface area (Å²) in [7, 11) is 0. The van der Waals surface area contributed by atoms with Crippen LogP contribution in [0.3, 0.4) is 0 Å². The topological polar surface area (TPSA) is 114 Å². The number of aryl methyl sites for hydroxylation is 1. The van der Waals surface area contributed by atoms with Gasteiger partial charge in [-0.3, -0.25) is 19.7 Å². The maximum atomic E-state index is 12.6. The molecule has 4 aromatic carbocycles. The first-order valence-electron chi connectivity index (χ1n) is 12.0. The number of amidine groups is 1. The number of benzene rings is 4. The normalized spacial score (nSPS) is 15.0. The molecule has 1 saturated heterocycles. The second-order valence-electron chi connectivity index (χ2n) is 8.80. The smallest absolute Gasteiger partial charge is 0.283 e. The van der Waals surface area contributed by atoms with Crippen molar-refractivity contribution in [2.45, 2.75) is 11.8 Å². The Balaban J connectivity index is 1.27. The number of hydrogen-bond acceptors (Lipinski definition) is 7. The van der Waals surface area contributed by atoms with Crippen LogP contribution in [0.2, 0.25) is 5.02 Å². The Morgan fingerprint density at radius 1 is 1.10 bits per heavy atom. The van der Waals surface area contributed by atoms with E-state index in [0.29, 0.717) is 36.9 Å². The number of halogens is 1. The minimum atomic E-state index is -0.499. The number of anilines is 1. The third-order valence-electron chi connectivity index (χ3n) is 5.91. The van der Waals surface area contributed by atoms with Crippen molar-refractivity contribution in [3.8, 4) is 0 Å². The molecule has 0 radical (unpaired) electrons. The summed E-state index contributed by atoms with van der Waals surface area (Å²) in [6, 6.07) is 23.4. The number of nitrogens with zero attached hydrogens (tertiary/aromatic N) is 2. The van der Waals surface area contributed by atoms with Crippen molar-refractivity contribution in [3.63, 3.8) is 0 Å². The predicted octanol–water partition coefficient (Wildman–Crippen LogP) is 7.33. The summed E-state index contributed by atoms with van der Waals surface area (Å²) in [5.41, 5.74) is 2.50. The lowest BCUT2D eigenvalue weighted by Gasteiger charge is -2.07. The number of aliphatic imine (C=N–C) groups is 1. The first kappa shape index (κ1) is 27.4. The molecule has 1 aliphatic heterocycles. The summed E-state index contributed by atoms with van der Waals surface area (Å²) in [6.45, 7) is 1.89. The third kappa shape index (κ3) is 6.53. The Hall–Kier alpha value is -4.12. The average molecular weight is 589 g/mol. The molecule has 0 aromatic heterocycles. The summed E-state index contributed by atoms with van der Waals surface area (Å²) in [6.07, 6.45) is 1.57. The zero-order valence-electron chi connectivity index (χ0n) is 21.0. The summed E-state index contributed by atoms with van der Waals surface area (Å²) < 4.78 is 0. The molecule has 40 heavy (non-hydrogen) atoms. The molecule has 200 valence electrons. The van der Waals surface area contributed by atoms with E-state index >= 15 is 0 Å². The van der Waals surface area contributed by atoms with Crippen LogP contribution >= 0.6 is 35.1 Å². The molecular weight excluding hydrogens is 568 g/mol. The maximum Gasteiger partial charge on any atom is 0.283 e. The van der Waals surface area contributed by atoms with Gasteiger partial charge < -0.3 is 10.6 Å². The van der Waals surface area contributed by atoms with Gasteiger partial charge in [-0.15, -0.1) is 11.8 Å². The summed E-state index contributed by atoms with van der Waals surface area (Å²) in [4.78, 5) is 41.5. The SMILES string of the molecule is Cc1ccc(N=C2NC(=O)/C(=C/c3ccc(SCC(=O)Nc4ccc5ccccc5c4)c([N+](=O)[O-])c3)S2)cc1Cl. The van der Waals surface area contributed by atoms with E-state index in [-0.39, 0.29) is 23.3 Å². The first-order chi connectivity index (χ1) is 19.2. The fourth-order valence-electron chi connectivity index (χ4n) is 3.90. The summed E-state index contributed by atoms with van der Waals surface area (Å²) in [5, 5.41) is 20.4. The van der Waals surface area contributed by atoms with Gasteiger partial charge in [0.1, 0.15) is 0 Å². The van der Waals surface area contributed by atoms with Gasteiger partial charge in [-0.2, -0.15) is 0 Å². The van der Waals surface area contributed by atoms with Gasteiger partial charge in [-0.1, -0.05) is 54.1 Å². The van der Waals surface area contributed by atoms with Crippen LogP contribution in [0.15, 0.2) is 93.7 Å². The van der Waals surface area contributed by atoms with Crippen molar-refractivity contribution < 1.29 is 14.5 Å². The van der Waals surface area contributed by atoms with Crippen molar-refractivity contribution in [2.75, 3.05) is 11.1 Å². The van der Waals surface area contributed by atoms with Crippen LogP contribution in [0.25, 0.3) is 16.8 Å². The molecule has 0 spiro atoms. The van der Waals surface area contributed by atoms with Crippen molar-refractivity contribution in [1.29, 1.82) is 0 Å². The molecule has 0 unspecified atom stereocenters. The monoisotopic (exact) mass is 588 g/mol. The molecule has 1 aliphatic rings. The lowest BCUT2D eigenvalue weighted by atomic mass is 10.1. The van der Waals surface area contributed by atoms with E-state index in [1.54, 1.807) is 30.3 Å². The Morgan fingerprint density at radius 2 is 1.90 bits per heavy atom. The number of nitro groups is 1. The molecule has 1 heterocycles. The van der Waals surface area contributed by atoms with Gasteiger partial charge in [0.2, 0.25) is 5.91 Å². The van der Waals surface area contributed by atoms with Crippen LogP contribution in [-0.4, -0.2) is 27.7 Å². The Morgan fingerprint density at radius 3 is 2.67 bits per heavy atom. The van der Waals surface area contributed by atoms with Gasteiger partial charge in [-0.25, -0.2) is 4.99 Å². The molecule has 8 nitrogen and oxygen atoms in total. The molecule has 0 aliphatic carbocycles. The molecular formula is C29H21ClN4O4S2. The lowest BCUT2D eigenvalue weighted by molar-refractivity contribution is -0.387. The molecule has 4 aromatic rings. The molecule has 0 bridgehead atoms. The average Bonchev–Trinajstić information content (AvgIpc) is 3.27. The highest BCUT2D eigenvalue weighted by molar-refractivity contribution is 8.18. The number of rotatable bonds is 7. The molecule has 0 saturated carbocycles. The second kappa shape index (κ2) is 12.0. The number of thioether (sulfide) groups is 2. The Kier molecular flexibility index (Phi) is 8.20. The van der Waals surface area contributed by atoms with Crippen molar-refractivity contribution in [2.24, 2.45) is 4.99 Å². The number of carbonyl (C=O) groups is 2. The number of nitro benzene ring substituents is 1. The van der Waals surface area contributed by atoms with Gasteiger partial charge in [0.05, 0.1) is 26.2 Å². The Bertz CT molecular complexity index is 1740. The summed E-state index contributed by atoms with van der Waals surface area (Å²) in [5.74, 6) is -0.634. The molecule has 2 N–H and O–H groups in total. The van der Waals surface area contributed by atoms with E-state index in [9.17, 15) is 19.7 Å². The summed E-state index contributed by atoms with van der Waals surface area (Å²) >= 11 is 8.36. The molecule has 5 rings (SSSR count). The van der Waals surface area contributed by atoms with E-state index in [1.807, 2.05) is 55.5 Å². The molecule has 1 fully saturated rings. The van der Waals surface area contributed by atoms with E-state index in [2.05, 4.69) is 15.6 Å². The van der Waals surface area contributed by atoms with Crippen LogP contribution in [0, 0.1) is 17.0 Å². The van der Waals surface area contributed by atoms with Crippen LogP contribution in [0.4, 0.5) is 17.1 Å². The molecule has 2 amide bonds. The fourth-order valence-corrected chi connectivity index (χ4v) is 5.72. The number of carbonyl (C=O) groups excluding carboxylic acids is 2. The zero-order chi connectivity index (χ0) is 28.2. The first-order valence-corrected chi connectivity index (χ1v) is 14.2. The van der Waals surface area contributed by atoms with E-state index < -0.39 is 4.92 Å². The number of nitrogens with one attached hydrogen (secondary N) is 2. The predicted molar refractivity (Wildman–Crippen MR) is 163 cm³/mol. The van der Waals surface area contributed by atoms with E-state index in [0.717, 1.165) is 39.9 Å². The fraction of sp³-hybridized carbons (Fsp3) is 0.0690. The Labute approximate surface area is 243 Å². The van der Waals surface area contributed by atoms with E-state index in [4.69, 9.17) is 11.6 Å². The van der Waals surface area contributed by atoms with Gasteiger partial charge in [0, 0.05) is 16.8 Å². The lowest BCUT2D eigenvalue weighted by Crippen LogP contribution is -2.19. The van der Waals surface area contributed by atoms with Crippen LogP contribution in [-0.2, 0) is 9.59 Å². The number of fused-ring (bicyclic) bond motifs is 1. The maximum absolute atomic E-state index is 12.6. The number of amides is 2. The molecule has 11 heteroatoms.